The number of aliphatic hydroxyl groups excluding tert-OH is 1. The number of aliphatic hydroxyl groups is 1. The van der Waals surface area contributed by atoms with Crippen LogP contribution in [0.15, 0.2) is 30.5 Å². The van der Waals surface area contributed by atoms with Crippen molar-refractivity contribution in [3.63, 3.8) is 0 Å². The van der Waals surface area contributed by atoms with Crippen molar-refractivity contribution in [2.24, 2.45) is 0 Å². The van der Waals surface area contributed by atoms with Gasteiger partial charge in [-0.15, -0.1) is 0 Å². The van der Waals surface area contributed by atoms with Crippen LogP contribution >= 0.6 is 0 Å². The maximum atomic E-state index is 12.4. The molecule has 0 radical (unpaired) electrons. The van der Waals surface area contributed by atoms with Crippen LogP contribution in [0.25, 0.3) is 11.0 Å². The lowest BCUT2D eigenvalue weighted by molar-refractivity contribution is -0.465. The average molecular weight is 277 g/mol. The Kier molecular flexibility index (Phi) is 3.39. The van der Waals surface area contributed by atoms with Gasteiger partial charge in [0.25, 0.3) is 5.52 Å². The molecule has 3 rings (SSSR count). The number of benzene rings is 1. The van der Waals surface area contributed by atoms with Crippen LogP contribution in [0.3, 0.4) is 0 Å². The van der Waals surface area contributed by atoms with Gasteiger partial charge in [0.2, 0.25) is 6.20 Å². The molecule has 1 aliphatic rings. The molecule has 0 bridgehead atoms. The summed E-state index contributed by atoms with van der Waals surface area (Å²) in [6.45, 7) is 1.31. The first-order valence-corrected chi connectivity index (χ1v) is 6.40. The molecule has 7 heteroatoms. The Bertz CT molecular complexity index is 685. The normalized spacial score (nSPS) is 20.4. The van der Waals surface area contributed by atoms with Gasteiger partial charge in [-0.3, -0.25) is 4.90 Å². The third kappa shape index (κ3) is 2.15. The van der Waals surface area contributed by atoms with E-state index >= 15 is 0 Å². The van der Waals surface area contributed by atoms with E-state index < -0.39 is 6.10 Å². The zero-order valence-corrected chi connectivity index (χ0v) is 10.8. The van der Waals surface area contributed by atoms with E-state index in [9.17, 15) is 10.1 Å². The number of nitrogens with zero attached hydrogens (tertiary/aromatic N) is 3. The van der Waals surface area contributed by atoms with Crippen molar-refractivity contribution in [3.05, 3.63) is 46.3 Å². The van der Waals surface area contributed by atoms with E-state index in [2.05, 4.69) is 0 Å². The standard InChI is InChI=1S/C13H15N3O4/c17-9-14-5-6-20-13(8-14)12-7-15(18)10-3-1-2-4-11(10)16(12)19/h1-4,7,13,17H,5-6,8-9H2. The molecule has 1 atom stereocenters. The molecule has 0 saturated carbocycles. The van der Waals surface area contributed by atoms with Gasteiger partial charge in [0.15, 0.2) is 0 Å². The number of morpholine rings is 1. The molecule has 1 fully saturated rings. The van der Waals surface area contributed by atoms with E-state index in [1.807, 2.05) is 0 Å². The second kappa shape index (κ2) is 5.20. The third-order valence-electron chi connectivity index (χ3n) is 3.50. The Morgan fingerprint density at radius 1 is 1.45 bits per heavy atom. The number of aromatic nitrogens is 2. The Labute approximate surface area is 114 Å². The Balaban J connectivity index is 2.08. The fraction of sp³-hybridized carbons (Fsp3) is 0.385. The summed E-state index contributed by atoms with van der Waals surface area (Å²) in [5.74, 6) is 0. The van der Waals surface area contributed by atoms with Crippen molar-refractivity contribution in [2.45, 2.75) is 6.10 Å². The van der Waals surface area contributed by atoms with Crippen molar-refractivity contribution >= 4 is 11.0 Å². The highest BCUT2D eigenvalue weighted by molar-refractivity contribution is 5.71. The van der Waals surface area contributed by atoms with Crippen molar-refractivity contribution in [1.29, 1.82) is 0 Å². The molecule has 0 amide bonds. The summed E-state index contributed by atoms with van der Waals surface area (Å²) in [5.41, 5.74) is 0.891. The summed E-state index contributed by atoms with van der Waals surface area (Å²) >= 11 is 0. The zero-order chi connectivity index (χ0) is 14.1. The van der Waals surface area contributed by atoms with Crippen molar-refractivity contribution in [1.82, 2.24) is 9.63 Å². The van der Waals surface area contributed by atoms with Crippen molar-refractivity contribution in [3.8, 4) is 0 Å². The minimum Gasteiger partial charge on any atom is -0.805 e. The number of rotatable bonds is 2. The monoisotopic (exact) mass is 277 g/mol. The molecule has 1 N–H and O–H groups in total. The van der Waals surface area contributed by atoms with E-state index in [-0.39, 0.29) is 12.4 Å². The van der Waals surface area contributed by atoms with Gasteiger partial charge >= 0.3 is 0 Å². The van der Waals surface area contributed by atoms with Crippen LogP contribution in [0.2, 0.25) is 0 Å². The summed E-state index contributed by atoms with van der Waals surface area (Å²) < 4.78 is 6.97. The Morgan fingerprint density at radius 3 is 3.05 bits per heavy atom. The average Bonchev–Trinajstić information content (AvgIpc) is 2.51. The van der Waals surface area contributed by atoms with E-state index in [0.717, 1.165) is 4.73 Å². The number of para-hydroxylation sites is 2. The highest BCUT2D eigenvalue weighted by atomic mass is 16.5. The molecule has 106 valence electrons. The minimum absolute atomic E-state index is 0.0936. The third-order valence-corrected chi connectivity index (χ3v) is 3.50. The van der Waals surface area contributed by atoms with Crippen LogP contribution in [0.5, 0.6) is 0 Å². The molecular formula is C13H15N3O4. The predicted molar refractivity (Wildman–Crippen MR) is 71.4 cm³/mol. The van der Waals surface area contributed by atoms with Gasteiger partial charge in [0.1, 0.15) is 17.3 Å². The van der Waals surface area contributed by atoms with Gasteiger partial charge in [-0.25, -0.2) is 0 Å². The van der Waals surface area contributed by atoms with Crippen LogP contribution in [0.4, 0.5) is 0 Å². The number of fused-ring (bicyclic) bond motifs is 1. The topological polar surface area (TPSA) is 83.7 Å². The first kappa shape index (κ1) is 13.0. The van der Waals surface area contributed by atoms with Crippen molar-refractivity contribution in [2.75, 3.05) is 26.4 Å². The molecule has 1 aromatic carbocycles. The van der Waals surface area contributed by atoms with Gasteiger partial charge in [-0.1, -0.05) is 12.1 Å². The number of hydrogen-bond acceptors (Lipinski definition) is 5. The zero-order valence-electron chi connectivity index (χ0n) is 10.8. The van der Waals surface area contributed by atoms with E-state index in [1.165, 1.54) is 6.20 Å². The summed E-state index contributed by atoms with van der Waals surface area (Å²) in [7, 11) is 0. The highest BCUT2D eigenvalue weighted by Gasteiger charge is 2.26. The fourth-order valence-corrected chi connectivity index (χ4v) is 2.43. The molecule has 0 aliphatic carbocycles. The lowest BCUT2D eigenvalue weighted by atomic mass is 10.2. The molecule has 2 heterocycles. The first-order chi connectivity index (χ1) is 9.70. The number of ether oxygens (including phenoxy) is 1. The van der Waals surface area contributed by atoms with E-state index in [0.29, 0.717) is 35.2 Å². The minimum atomic E-state index is -0.516. The lowest BCUT2D eigenvalue weighted by Crippen LogP contribution is -2.40. The molecule has 0 spiro atoms. The summed E-state index contributed by atoms with van der Waals surface area (Å²) in [5, 5.41) is 21.5. The summed E-state index contributed by atoms with van der Waals surface area (Å²) in [6, 6.07) is 6.62. The number of hydrogen-bond donors (Lipinski definition) is 1. The predicted octanol–water partition coefficient (Wildman–Crippen LogP) is 0.225. The SMILES string of the molecule is O=[n+]1cc(C2CN(CO)CCO2)n([O-])c2ccccc21. The van der Waals surface area contributed by atoms with E-state index in [4.69, 9.17) is 9.84 Å². The maximum Gasteiger partial charge on any atom is 0.285 e. The van der Waals surface area contributed by atoms with Crippen LogP contribution in [-0.2, 0) is 4.74 Å². The fourth-order valence-electron chi connectivity index (χ4n) is 2.43. The quantitative estimate of drug-likeness (QED) is 0.794. The van der Waals surface area contributed by atoms with Crippen LogP contribution in [0.1, 0.15) is 11.8 Å². The van der Waals surface area contributed by atoms with Crippen LogP contribution in [0, 0.1) is 10.1 Å². The smallest absolute Gasteiger partial charge is 0.285 e. The van der Waals surface area contributed by atoms with Gasteiger partial charge in [0, 0.05) is 24.1 Å². The first-order valence-electron chi connectivity index (χ1n) is 6.40. The maximum absolute atomic E-state index is 12.4. The van der Waals surface area contributed by atoms with Gasteiger partial charge < -0.3 is 19.8 Å². The largest absolute Gasteiger partial charge is 0.805 e. The van der Waals surface area contributed by atoms with Crippen molar-refractivity contribution < 1.29 is 14.3 Å². The molecule has 7 nitrogen and oxygen atoms in total. The molecule has 20 heavy (non-hydrogen) atoms. The van der Waals surface area contributed by atoms with E-state index in [1.54, 1.807) is 29.2 Å². The van der Waals surface area contributed by atoms with Crippen LogP contribution in [-0.4, -0.2) is 41.2 Å². The molecule has 1 unspecified atom stereocenters. The molecular weight excluding hydrogens is 262 g/mol. The Morgan fingerprint density at radius 2 is 2.25 bits per heavy atom. The van der Waals surface area contributed by atoms with Gasteiger partial charge in [0.05, 0.1) is 17.8 Å². The van der Waals surface area contributed by atoms with Gasteiger partial charge in [-0.2, -0.15) is 0 Å². The van der Waals surface area contributed by atoms with Crippen LogP contribution < -0.4 is 4.43 Å². The summed E-state index contributed by atoms with van der Waals surface area (Å²) in [6.07, 6.45) is 0.735. The second-order valence-corrected chi connectivity index (χ2v) is 4.74. The highest BCUT2D eigenvalue weighted by Crippen LogP contribution is 2.23. The molecule has 2 aromatic rings. The molecule has 1 aromatic heterocycles. The second-order valence-electron chi connectivity index (χ2n) is 4.74. The lowest BCUT2D eigenvalue weighted by Gasteiger charge is -2.32. The molecule has 1 aliphatic heterocycles. The summed E-state index contributed by atoms with van der Waals surface area (Å²) in [4.78, 5) is 13.8. The van der Waals surface area contributed by atoms with Gasteiger partial charge in [-0.05, 0) is 6.07 Å². The Hall–Kier alpha value is -1.96. The molecule has 1 saturated heterocycles.